The average molecular weight is 356 g/mol. The van der Waals surface area contributed by atoms with Crippen molar-refractivity contribution in [3.63, 3.8) is 0 Å². The van der Waals surface area contributed by atoms with Crippen LogP contribution in [0.4, 0.5) is 11.5 Å². The van der Waals surface area contributed by atoms with Crippen LogP contribution in [0.5, 0.6) is 0 Å². The molecule has 3 rings (SSSR count). The van der Waals surface area contributed by atoms with Crippen molar-refractivity contribution in [2.24, 2.45) is 0 Å². The standard InChI is InChI=1S/C17H16N4O3S/c1-10-7-15(21-24-10)20-16(23)8-14-9-25-17(19-14)12-3-5-13(6-4-12)18-11(2)22/h3-7,9H,8H2,1-2H3,(H,18,22)(H,20,21,23). The van der Waals surface area contributed by atoms with Gasteiger partial charge >= 0.3 is 0 Å². The first-order valence-corrected chi connectivity index (χ1v) is 8.43. The number of carbonyl (C=O) groups is 2. The Morgan fingerprint density at radius 1 is 1.20 bits per heavy atom. The normalized spacial score (nSPS) is 10.5. The molecule has 0 saturated heterocycles. The second-order valence-electron chi connectivity index (χ2n) is 5.45. The predicted molar refractivity (Wildman–Crippen MR) is 95.4 cm³/mol. The third kappa shape index (κ3) is 4.51. The largest absolute Gasteiger partial charge is 0.360 e. The van der Waals surface area contributed by atoms with Crippen molar-refractivity contribution in [1.82, 2.24) is 10.1 Å². The highest BCUT2D eigenvalue weighted by Gasteiger charge is 2.11. The zero-order chi connectivity index (χ0) is 17.8. The minimum Gasteiger partial charge on any atom is -0.360 e. The predicted octanol–water partition coefficient (Wildman–Crippen LogP) is 3.25. The van der Waals surface area contributed by atoms with E-state index in [1.165, 1.54) is 18.3 Å². The lowest BCUT2D eigenvalue weighted by atomic mass is 10.2. The van der Waals surface area contributed by atoms with E-state index < -0.39 is 0 Å². The molecular formula is C17H16N4O3S. The van der Waals surface area contributed by atoms with Crippen molar-refractivity contribution in [2.75, 3.05) is 10.6 Å². The van der Waals surface area contributed by atoms with Crippen LogP contribution in [0, 0.1) is 6.92 Å². The summed E-state index contributed by atoms with van der Waals surface area (Å²) < 4.78 is 4.91. The Morgan fingerprint density at radius 2 is 1.96 bits per heavy atom. The van der Waals surface area contributed by atoms with E-state index >= 15 is 0 Å². The molecule has 0 aliphatic carbocycles. The van der Waals surface area contributed by atoms with Gasteiger partial charge in [0, 0.05) is 29.6 Å². The summed E-state index contributed by atoms with van der Waals surface area (Å²) in [6, 6.07) is 9.05. The van der Waals surface area contributed by atoms with E-state index in [2.05, 4.69) is 20.8 Å². The van der Waals surface area contributed by atoms with E-state index in [0.717, 1.165) is 16.3 Å². The average Bonchev–Trinajstić information content (AvgIpc) is 3.17. The van der Waals surface area contributed by atoms with Gasteiger partial charge in [-0.1, -0.05) is 5.16 Å². The van der Waals surface area contributed by atoms with Crippen molar-refractivity contribution in [2.45, 2.75) is 20.3 Å². The van der Waals surface area contributed by atoms with Crippen molar-refractivity contribution >= 4 is 34.7 Å². The molecule has 8 heteroatoms. The van der Waals surface area contributed by atoms with E-state index in [0.29, 0.717) is 17.3 Å². The van der Waals surface area contributed by atoms with Crippen LogP contribution < -0.4 is 10.6 Å². The van der Waals surface area contributed by atoms with Gasteiger partial charge in [-0.15, -0.1) is 11.3 Å². The highest BCUT2D eigenvalue weighted by molar-refractivity contribution is 7.13. The minimum atomic E-state index is -0.203. The maximum absolute atomic E-state index is 12.0. The minimum absolute atomic E-state index is 0.113. The van der Waals surface area contributed by atoms with E-state index in [4.69, 9.17) is 4.52 Å². The molecule has 0 unspecified atom stereocenters. The first-order chi connectivity index (χ1) is 12.0. The smallest absolute Gasteiger partial charge is 0.231 e. The van der Waals surface area contributed by atoms with Gasteiger partial charge in [0.1, 0.15) is 10.8 Å². The van der Waals surface area contributed by atoms with Crippen LogP contribution >= 0.6 is 11.3 Å². The Morgan fingerprint density at radius 3 is 2.60 bits per heavy atom. The molecule has 0 atom stereocenters. The molecule has 7 nitrogen and oxygen atoms in total. The van der Waals surface area contributed by atoms with E-state index in [-0.39, 0.29) is 18.2 Å². The number of aryl methyl sites for hydroxylation is 1. The fraction of sp³-hybridized carbons (Fsp3) is 0.176. The summed E-state index contributed by atoms with van der Waals surface area (Å²) >= 11 is 1.46. The van der Waals surface area contributed by atoms with Crippen LogP contribution in [-0.2, 0) is 16.0 Å². The van der Waals surface area contributed by atoms with Gasteiger partial charge < -0.3 is 15.2 Å². The third-order valence-electron chi connectivity index (χ3n) is 3.24. The van der Waals surface area contributed by atoms with Gasteiger partial charge in [-0.3, -0.25) is 9.59 Å². The number of carbonyl (C=O) groups excluding carboxylic acids is 2. The van der Waals surface area contributed by atoms with Crippen molar-refractivity contribution in [3.05, 3.63) is 47.2 Å². The maximum Gasteiger partial charge on any atom is 0.231 e. The number of rotatable bonds is 5. The quantitative estimate of drug-likeness (QED) is 0.731. The Balaban J connectivity index is 1.63. The number of nitrogens with one attached hydrogen (secondary N) is 2. The molecule has 0 spiro atoms. The molecule has 2 amide bonds. The highest BCUT2D eigenvalue weighted by Crippen LogP contribution is 2.25. The lowest BCUT2D eigenvalue weighted by Crippen LogP contribution is -2.14. The van der Waals surface area contributed by atoms with Crippen molar-refractivity contribution in [1.29, 1.82) is 0 Å². The number of nitrogens with zero attached hydrogens (tertiary/aromatic N) is 2. The number of anilines is 2. The van der Waals surface area contributed by atoms with E-state index in [1.54, 1.807) is 13.0 Å². The lowest BCUT2D eigenvalue weighted by molar-refractivity contribution is -0.116. The topological polar surface area (TPSA) is 97.1 Å². The number of hydrogen-bond acceptors (Lipinski definition) is 6. The summed E-state index contributed by atoms with van der Waals surface area (Å²) in [5.41, 5.74) is 2.34. The molecule has 0 bridgehead atoms. The molecule has 128 valence electrons. The third-order valence-corrected chi connectivity index (χ3v) is 4.18. The van der Waals surface area contributed by atoms with E-state index in [1.807, 2.05) is 29.6 Å². The molecule has 0 radical (unpaired) electrons. The molecule has 2 aromatic heterocycles. The molecule has 0 saturated carbocycles. The summed E-state index contributed by atoms with van der Waals surface area (Å²) in [4.78, 5) is 27.5. The fourth-order valence-corrected chi connectivity index (χ4v) is 3.02. The maximum atomic E-state index is 12.0. The van der Waals surface area contributed by atoms with Crippen molar-refractivity contribution in [3.8, 4) is 10.6 Å². The monoisotopic (exact) mass is 356 g/mol. The number of amides is 2. The number of benzene rings is 1. The molecule has 0 aliphatic rings. The summed E-state index contributed by atoms with van der Waals surface area (Å²) in [6.07, 6.45) is 0.159. The van der Waals surface area contributed by atoms with Gasteiger partial charge in [0.2, 0.25) is 11.8 Å². The first-order valence-electron chi connectivity index (χ1n) is 7.55. The molecule has 0 aliphatic heterocycles. The van der Waals surface area contributed by atoms with E-state index in [9.17, 15) is 9.59 Å². The van der Waals surface area contributed by atoms with Crippen LogP contribution in [0.15, 0.2) is 40.2 Å². The Hall–Kier alpha value is -3.00. The summed E-state index contributed by atoms with van der Waals surface area (Å²) in [5.74, 6) is 0.712. The molecule has 2 heterocycles. The van der Waals surface area contributed by atoms with Gasteiger partial charge in [0.15, 0.2) is 5.82 Å². The molecular weight excluding hydrogens is 340 g/mol. The van der Waals surface area contributed by atoms with Gasteiger partial charge in [-0.2, -0.15) is 0 Å². The van der Waals surface area contributed by atoms with Crippen LogP contribution in [0.1, 0.15) is 18.4 Å². The molecule has 0 fully saturated rings. The van der Waals surface area contributed by atoms with Gasteiger partial charge in [0.05, 0.1) is 12.1 Å². The Bertz CT molecular complexity index is 899. The summed E-state index contributed by atoms with van der Waals surface area (Å²) in [5, 5.41) is 11.8. The molecule has 25 heavy (non-hydrogen) atoms. The second-order valence-corrected chi connectivity index (χ2v) is 6.31. The Labute approximate surface area is 148 Å². The number of hydrogen-bond donors (Lipinski definition) is 2. The molecule has 3 aromatic rings. The van der Waals surface area contributed by atoms with Crippen LogP contribution in [0.2, 0.25) is 0 Å². The highest BCUT2D eigenvalue weighted by atomic mass is 32.1. The zero-order valence-electron chi connectivity index (χ0n) is 13.7. The Kier molecular flexibility index (Phi) is 4.90. The van der Waals surface area contributed by atoms with Gasteiger partial charge in [0.25, 0.3) is 0 Å². The van der Waals surface area contributed by atoms with Gasteiger partial charge in [-0.05, 0) is 31.2 Å². The summed E-state index contributed by atoms with van der Waals surface area (Å²) in [6.45, 7) is 3.22. The lowest BCUT2D eigenvalue weighted by Gasteiger charge is -2.02. The molecule has 2 N–H and O–H groups in total. The van der Waals surface area contributed by atoms with Gasteiger partial charge in [-0.25, -0.2) is 4.98 Å². The first kappa shape index (κ1) is 16.8. The fourth-order valence-electron chi connectivity index (χ4n) is 2.20. The van der Waals surface area contributed by atoms with Crippen molar-refractivity contribution < 1.29 is 14.1 Å². The van der Waals surface area contributed by atoms with Crippen LogP contribution in [-0.4, -0.2) is 22.0 Å². The summed E-state index contributed by atoms with van der Waals surface area (Å²) in [7, 11) is 0. The zero-order valence-corrected chi connectivity index (χ0v) is 14.5. The second kappa shape index (κ2) is 7.27. The van der Waals surface area contributed by atoms with Crippen LogP contribution in [0.3, 0.4) is 0 Å². The SMILES string of the molecule is CC(=O)Nc1ccc(-c2nc(CC(=O)Nc3cc(C)on3)cs2)cc1. The van der Waals surface area contributed by atoms with Crippen LogP contribution in [0.25, 0.3) is 10.6 Å². The molecule has 1 aromatic carbocycles. The number of thiazole rings is 1. The number of aromatic nitrogens is 2.